The van der Waals surface area contributed by atoms with E-state index in [1.807, 2.05) is 30.3 Å². The van der Waals surface area contributed by atoms with Crippen molar-refractivity contribution in [2.24, 2.45) is 0 Å². The molecule has 2 heteroatoms. The number of benzene rings is 6. The van der Waals surface area contributed by atoms with Gasteiger partial charge in [0, 0.05) is 16.1 Å². The van der Waals surface area contributed by atoms with Gasteiger partial charge in [-0.1, -0.05) is 133 Å². The first kappa shape index (κ1) is 23.2. The van der Waals surface area contributed by atoms with E-state index in [4.69, 9.17) is 11.6 Å². The molecule has 6 aromatic carbocycles. The molecule has 0 atom stereocenters. The molecule has 8 rings (SSSR count). The van der Waals surface area contributed by atoms with E-state index in [-0.39, 0.29) is 5.78 Å². The molecule has 0 unspecified atom stereocenters. The van der Waals surface area contributed by atoms with Crippen LogP contribution in [0.25, 0.3) is 33.4 Å². The van der Waals surface area contributed by atoms with E-state index in [2.05, 4.69) is 109 Å². The van der Waals surface area contributed by atoms with E-state index in [0.717, 1.165) is 33.4 Å². The summed E-state index contributed by atoms with van der Waals surface area (Å²) in [6.07, 6.45) is 0. The van der Waals surface area contributed by atoms with Gasteiger partial charge in [-0.05, 0) is 73.8 Å². The molecule has 0 aliphatic heterocycles. The Bertz CT molecular complexity index is 1930. The van der Waals surface area contributed by atoms with Gasteiger partial charge in [0.15, 0.2) is 5.78 Å². The fourth-order valence-corrected chi connectivity index (χ4v) is 7.11. The number of carbonyl (C=O) groups is 1. The molecule has 0 saturated heterocycles. The van der Waals surface area contributed by atoms with Gasteiger partial charge >= 0.3 is 0 Å². The minimum absolute atomic E-state index is 0.0918. The molecular weight excluding hydrogens is 508 g/mol. The number of hydrogen-bond donors (Lipinski definition) is 0. The Kier molecular flexibility index (Phi) is 5.01. The van der Waals surface area contributed by atoms with Crippen LogP contribution in [0, 0.1) is 0 Å². The first-order valence-corrected chi connectivity index (χ1v) is 13.9. The number of ketones is 1. The van der Waals surface area contributed by atoms with Gasteiger partial charge in [-0.15, -0.1) is 0 Å². The fraction of sp³-hybridized carbons (Fsp3) is 0.0263. The monoisotopic (exact) mass is 530 g/mol. The summed E-state index contributed by atoms with van der Waals surface area (Å²) in [6.45, 7) is 0. The third-order valence-electron chi connectivity index (χ3n) is 8.58. The third kappa shape index (κ3) is 3.07. The van der Waals surface area contributed by atoms with Gasteiger partial charge in [0.1, 0.15) is 0 Å². The fourth-order valence-electron chi connectivity index (χ4n) is 6.94. The molecule has 0 heterocycles. The lowest BCUT2D eigenvalue weighted by molar-refractivity contribution is 0.104. The Morgan fingerprint density at radius 3 is 1.70 bits per heavy atom. The van der Waals surface area contributed by atoms with Crippen LogP contribution in [0.3, 0.4) is 0 Å². The second-order valence-corrected chi connectivity index (χ2v) is 11.0. The minimum Gasteiger partial charge on any atom is -0.289 e. The maximum absolute atomic E-state index is 13.7. The van der Waals surface area contributed by atoms with Crippen LogP contribution in [0.4, 0.5) is 0 Å². The maximum atomic E-state index is 13.7. The van der Waals surface area contributed by atoms with Gasteiger partial charge in [-0.3, -0.25) is 4.79 Å². The first-order chi connectivity index (χ1) is 19.7. The largest absolute Gasteiger partial charge is 0.289 e. The summed E-state index contributed by atoms with van der Waals surface area (Å²) < 4.78 is 0. The van der Waals surface area contributed by atoms with Crippen molar-refractivity contribution in [3.63, 3.8) is 0 Å². The molecule has 0 amide bonds. The van der Waals surface area contributed by atoms with Crippen LogP contribution in [0.1, 0.15) is 38.2 Å². The average Bonchev–Trinajstić information content (AvgIpc) is 3.47. The van der Waals surface area contributed by atoms with E-state index in [1.54, 1.807) is 0 Å². The molecule has 0 bridgehead atoms. The lowest BCUT2D eigenvalue weighted by Gasteiger charge is -2.34. The first-order valence-electron chi connectivity index (χ1n) is 13.5. The SMILES string of the molecule is O=C1c2ccccc2-c2cccc(-c3ccc4c(c3)C(c3ccccc3)(c3ccccc3)c3cc(Cl)ccc3-4)c21. The van der Waals surface area contributed by atoms with E-state index in [9.17, 15) is 4.79 Å². The maximum Gasteiger partial charge on any atom is 0.194 e. The molecule has 0 aromatic heterocycles. The molecule has 188 valence electrons. The average molecular weight is 531 g/mol. The summed E-state index contributed by atoms with van der Waals surface area (Å²) in [4.78, 5) is 13.7. The summed E-state index contributed by atoms with van der Waals surface area (Å²) in [5, 5.41) is 0.715. The lowest BCUT2D eigenvalue weighted by atomic mass is 9.67. The summed E-state index contributed by atoms with van der Waals surface area (Å²) in [7, 11) is 0. The molecular formula is C38H23ClO. The van der Waals surface area contributed by atoms with Crippen molar-refractivity contribution < 1.29 is 4.79 Å². The summed E-state index contributed by atoms with van der Waals surface area (Å²) in [5.41, 5.74) is 12.1. The van der Waals surface area contributed by atoms with Crippen LogP contribution < -0.4 is 0 Å². The zero-order chi connectivity index (χ0) is 26.8. The predicted octanol–water partition coefficient (Wildman–Crippen LogP) is 9.58. The van der Waals surface area contributed by atoms with Gasteiger partial charge in [-0.2, -0.15) is 0 Å². The molecule has 1 nitrogen and oxygen atoms in total. The summed E-state index contributed by atoms with van der Waals surface area (Å²) in [6, 6.07) is 48.4. The molecule has 40 heavy (non-hydrogen) atoms. The summed E-state index contributed by atoms with van der Waals surface area (Å²) >= 11 is 6.68. The Labute approximate surface area is 238 Å². The van der Waals surface area contributed by atoms with Crippen molar-refractivity contribution in [2.75, 3.05) is 0 Å². The van der Waals surface area contributed by atoms with Gasteiger partial charge in [-0.25, -0.2) is 0 Å². The number of carbonyl (C=O) groups excluding carboxylic acids is 1. The molecule has 0 fully saturated rings. The number of rotatable bonds is 3. The van der Waals surface area contributed by atoms with Crippen LogP contribution >= 0.6 is 11.6 Å². The van der Waals surface area contributed by atoms with Crippen LogP contribution in [0.15, 0.2) is 140 Å². The number of fused-ring (bicyclic) bond motifs is 6. The van der Waals surface area contributed by atoms with Crippen molar-refractivity contribution in [2.45, 2.75) is 5.41 Å². The van der Waals surface area contributed by atoms with Crippen molar-refractivity contribution in [1.29, 1.82) is 0 Å². The standard InChI is InChI=1S/C38H23ClO/c39-27-19-21-31-30-20-18-24(28-16-9-17-32-29-14-7-8-15-33(29)37(40)36(28)32)22-34(30)38(35(31)23-27,25-10-3-1-4-11-25)26-12-5-2-6-13-26/h1-23H. The highest BCUT2D eigenvalue weighted by Crippen LogP contribution is 2.57. The van der Waals surface area contributed by atoms with Crippen LogP contribution in [-0.2, 0) is 5.41 Å². The van der Waals surface area contributed by atoms with Gasteiger partial charge in [0.2, 0.25) is 0 Å². The Morgan fingerprint density at radius 1 is 0.450 bits per heavy atom. The molecule has 0 radical (unpaired) electrons. The quantitative estimate of drug-likeness (QED) is 0.222. The minimum atomic E-state index is -0.557. The lowest BCUT2D eigenvalue weighted by Crippen LogP contribution is -2.28. The topological polar surface area (TPSA) is 17.1 Å². The van der Waals surface area contributed by atoms with Crippen LogP contribution in [0.5, 0.6) is 0 Å². The second kappa shape index (κ2) is 8.64. The second-order valence-electron chi connectivity index (χ2n) is 10.5. The van der Waals surface area contributed by atoms with Crippen molar-refractivity contribution in [3.05, 3.63) is 178 Å². The zero-order valence-electron chi connectivity index (χ0n) is 21.6. The van der Waals surface area contributed by atoms with E-state index in [0.29, 0.717) is 5.02 Å². The zero-order valence-corrected chi connectivity index (χ0v) is 22.3. The molecule has 0 N–H and O–H groups in total. The molecule has 6 aromatic rings. The highest BCUT2D eigenvalue weighted by Gasteiger charge is 2.46. The highest BCUT2D eigenvalue weighted by atomic mass is 35.5. The molecule has 0 spiro atoms. The molecule has 2 aliphatic rings. The third-order valence-corrected chi connectivity index (χ3v) is 8.81. The number of halogens is 1. The van der Waals surface area contributed by atoms with Crippen LogP contribution in [0.2, 0.25) is 5.02 Å². The van der Waals surface area contributed by atoms with Gasteiger partial charge in [0.05, 0.1) is 5.41 Å². The number of hydrogen-bond acceptors (Lipinski definition) is 1. The van der Waals surface area contributed by atoms with Crippen LogP contribution in [-0.4, -0.2) is 5.78 Å². The summed E-state index contributed by atoms with van der Waals surface area (Å²) in [5.74, 6) is 0.0918. The van der Waals surface area contributed by atoms with E-state index >= 15 is 0 Å². The van der Waals surface area contributed by atoms with Crippen molar-refractivity contribution >= 4 is 17.4 Å². The Balaban J connectivity index is 1.45. The van der Waals surface area contributed by atoms with Crippen molar-refractivity contribution in [1.82, 2.24) is 0 Å². The predicted molar refractivity (Wildman–Crippen MR) is 163 cm³/mol. The highest BCUT2D eigenvalue weighted by molar-refractivity contribution is 6.31. The van der Waals surface area contributed by atoms with Gasteiger partial charge in [0.25, 0.3) is 0 Å². The molecule has 2 aliphatic carbocycles. The smallest absolute Gasteiger partial charge is 0.194 e. The normalized spacial score (nSPS) is 13.9. The van der Waals surface area contributed by atoms with Gasteiger partial charge < -0.3 is 0 Å². The Morgan fingerprint density at radius 2 is 1.00 bits per heavy atom. The molecule has 0 saturated carbocycles. The van der Waals surface area contributed by atoms with E-state index in [1.165, 1.54) is 33.4 Å². The van der Waals surface area contributed by atoms with E-state index < -0.39 is 5.41 Å². The van der Waals surface area contributed by atoms with Crippen molar-refractivity contribution in [3.8, 4) is 33.4 Å². The Hall–Kier alpha value is -4.72.